The number of aromatic nitrogens is 4. The smallest absolute Gasteiger partial charge is 0.249 e. The molecule has 1 atom stereocenters. The maximum atomic E-state index is 10.4. The molecule has 0 amide bonds. The zero-order chi connectivity index (χ0) is 38.4. The third-order valence-corrected chi connectivity index (χ3v) is 10.3. The van der Waals surface area contributed by atoms with Gasteiger partial charge in [-0.25, -0.2) is 30.5 Å². The van der Waals surface area contributed by atoms with E-state index in [1.165, 1.54) is 68.9 Å². The van der Waals surface area contributed by atoms with Crippen LogP contribution in [-0.4, -0.2) is 35.5 Å². The summed E-state index contributed by atoms with van der Waals surface area (Å²) in [5.41, 5.74) is 12.4. The van der Waals surface area contributed by atoms with Crippen LogP contribution in [0.15, 0.2) is 120 Å². The van der Waals surface area contributed by atoms with Gasteiger partial charge in [0.2, 0.25) is 12.7 Å². The molecule has 1 unspecified atom stereocenters. The minimum atomic E-state index is -4.27. The van der Waals surface area contributed by atoms with Crippen molar-refractivity contribution < 1.29 is 35.1 Å². The van der Waals surface area contributed by atoms with Crippen molar-refractivity contribution in [3.63, 3.8) is 0 Å². The van der Waals surface area contributed by atoms with Gasteiger partial charge in [0, 0.05) is 5.56 Å². The van der Waals surface area contributed by atoms with Crippen LogP contribution in [0, 0.1) is 55.4 Å². The first-order chi connectivity index (χ1) is 24.3. The quantitative estimate of drug-likeness (QED) is 0.150. The summed E-state index contributed by atoms with van der Waals surface area (Å²) in [7, 11) is -8.54. The average Bonchev–Trinajstić information content (AvgIpc) is 3.73. The molecule has 274 valence electrons. The van der Waals surface area contributed by atoms with Crippen molar-refractivity contribution in [2.75, 3.05) is 0 Å². The van der Waals surface area contributed by atoms with Gasteiger partial charge in [-0.1, -0.05) is 70.8 Å². The van der Waals surface area contributed by atoms with Crippen molar-refractivity contribution in [2.45, 2.75) is 77.8 Å². The maximum Gasteiger partial charge on any atom is 0.249 e. The average molecular weight is 743 g/mol. The van der Waals surface area contributed by atoms with Crippen LogP contribution in [0.5, 0.6) is 0 Å². The number of aromatic amines is 1. The van der Waals surface area contributed by atoms with Gasteiger partial charge in [-0.3, -0.25) is 4.98 Å². The fourth-order valence-electron chi connectivity index (χ4n) is 6.37. The van der Waals surface area contributed by atoms with E-state index >= 15 is 0 Å². The number of aryl methyl sites for hydroxylation is 8. The molecule has 1 N–H and O–H groups in total. The maximum absolute atomic E-state index is 10.4. The normalized spacial score (nSPS) is 12.0. The van der Waals surface area contributed by atoms with Crippen molar-refractivity contribution in [2.24, 2.45) is 0 Å². The Morgan fingerprint density at radius 1 is 0.635 bits per heavy atom. The standard InChI is InChI=1S/C26H31N4.2C7H8O3S/c1-18-11-20(3)25(21(4)12-18)24(29-8-7-27-16-29)15-28-9-10-30(17-28)26-22(5)13-19(2)14-23(26)6;2*1-6-2-4-7(5-3-6)11(8,9)10/h7-14,16-17,24H,15H2,1-6H3;2*2-5H,1H3,(H,8,9,10)/q+1;;/p-1. The molecule has 6 aromatic rings. The third-order valence-electron chi connectivity index (χ3n) is 8.59. The van der Waals surface area contributed by atoms with Crippen LogP contribution in [0.2, 0.25) is 0 Å². The van der Waals surface area contributed by atoms with E-state index in [1.54, 1.807) is 24.3 Å². The first kappa shape index (κ1) is 39.9. The molecule has 0 aliphatic carbocycles. The molecule has 0 aliphatic rings. The highest BCUT2D eigenvalue weighted by Crippen LogP contribution is 2.25. The van der Waals surface area contributed by atoms with Gasteiger partial charge in [-0.2, -0.15) is 0 Å². The second-order valence-corrected chi connectivity index (χ2v) is 15.9. The van der Waals surface area contributed by atoms with E-state index in [1.807, 2.05) is 20.0 Å². The Morgan fingerprint density at radius 2 is 1.08 bits per heavy atom. The summed E-state index contributed by atoms with van der Waals surface area (Å²) in [4.78, 5) is 2.86. The van der Waals surface area contributed by atoms with Crippen LogP contribution < -0.4 is 9.13 Å². The van der Waals surface area contributed by atoms with E-state index in [0.717, 1.165) is 17.7 Å². The Labute approximate surface area is 307 Å². The number of nitrogens with one attached hydrogen (secondary N) is 1. The second kappa shape index (κ2) is 16.6. The molecule has 0 saturated heterocycles. The summed E-state index contributed by atoms with van der Waals surface area (Å²) >= 11 is 0. The minimum absolute atomic E-state index is 0.178. The molecule has 2 aromatic heterocycles. The number of benzene rings is 4. The molecule has 0 radical (unpaired) electrons. The Balaban J connectivity index is 0.000000224. The molecular weight excluding hydrogens is 697 g/mol. The Kier molecular flexibility index (Phi) is 12.8. The van der Waals surface area contributed by atoms with E-state index in [0.29, 0.717) is 0 Å². The summed E-state index contributed by atoms with van der Waals surface area (Å²) in [6.45, 7) is 17.7. The van der Waals surface area contributed by atoms with Crippen LogP contribution >= 0.6 is 0 Å². The van der Waals surface area contributed by atoms with Gasteiger partial charge < -0.3 is 9.11 Å². The van der Waals surface area contributed by atoms with Crippen LogP contribution in [0.3, 0.4) is 0 Å². The SMILES string of the molecule is Cc1cc(C)c(C(C[n+]2ccn(-c3c(C)cc(C)cc3C)c2)[n+]2cc[nH]c2)c(C)c1.Cc1ccc(S(=O)(=O)[O-])cc1.Cc1ccc(S(=O)(=O)[O-])cc1. The lowest BCUT2D eigenvalue weighted by Gasteiger charge is -2.18. The predicted molar refractivity (Wildman–Crippen MR) is 198 cm³/mol. The summed E-state index contributed by atoms with van der Waals surface area (Å²) in [6.07, 6.45) is 12.7. The van der Waals surface area contributed by atoms with Gasteiger partial charge in [0.15, 0.2) is 6.04 Å². The Bertz CT molecular complexity index is 2230. The van der Waals surface area contributed by atoms with E-state index < -0.39 is 20.2 Å². The van der Waals surface area contributed by atoms with Crippen molar-refractivity contribution in [3.8, 4) is 5.69 Å². The molecule has 2 heterocycles. The van der Waals surface area contributed by atoms with Crippen LogP contribution in [0.4, 0.5) is 0 Å². The monoisotopic (exact) mass is 742 g/mol. The van der Waals surface area contributed by atoms with Gasteiger partial charge in [0.25, 0.3) is 0 Å². The highest BCUT2D eigenvalue weighted by molar-refractivity contribution is 7.86. The molecule has 52 heavy (non-hydrogen) atoms. The van der Waals surface area contributed by atoms with Crippen molar-refractivity contribution in [1.82, 2.24) is 9.55 Å². The zero-order valence-electron chi connectivity index (χ0n) is 30.8. The van der Waals surface area contributed by atoms with Crippen LogP contribution in [-0.2, 0) is 26.8 Å². The molecule has 4 aromatic carbocycles. The van der Waals surface area contributed by atoms with E-state index in [2.05, 4.69) is 116 Å². The molecule has 10 nitrogen and oxygen atoms in total. The van der Waals surface area contributed by atoms with Gasteiger partial charge in [0.05, 0.1) is 9.79 Å². The van der Waals surface area contributed by atoms with Crippen LogP contribution in [0.1, 0.15) is 56.1 Å². The fraction of sp³-hybridized carbons (Fsp3) is 0.250. The summed E-state index contributed by atoms with van der Waals surface area (Å²) in [5, 5.41) is 0. The number of rotatable bonds is 7. The molecule has 0 aliphatic heterocycles. The molecule has 0 bridgehead atoms. The third kappa shape index (κ3) is 10.6. The summed E-state index contributed by atoms with van der Waals surface area (Å²) in [6, 6.07) is 20.9. The van der Waals surface area contributed by atoms with E-state index in [-0.39, 0.29) is 15.8 Å². The second-order valence-electron chi connectivity index (χ2n) is 13.2. The van der Waals surface area contributed by atoms with Gasteiger partial charge >= 0.3 is 0 Å². The zero-order valence-corrected chi connectivity index (χ0v) is 32.4. The first-order valence-corrected chi connectivity index (χ1v) is 19.5. The number of H-pyrrole nitrogens is 1. The molecule has 0 spiro atoms. The molecule has 0 saturated carbocycles. The first-order valence-electron chi connectivity index (χ1n) is 16.6. The predicted octanol–water partition coefficient (Wildman–Crippen LogP) is 6.32. The molecular formula is C40H46N4O6S2. The number of imidazole rings is 2. The summed E-state index contributed by atoms with van der Waals surface area (Å²) < 4.78 is 69.1. The van der Waals surface area contributed by atoms with Crippen molar-refractivity contribution in [3.05, 3.63) is 160 Å². The van der Waals surface area contributed by atoms with Crippen LogP contribution in [0.25, 0.3) is 5.69 Å². The number of hydrogen-bond donors (Lipinski definition) is 1. The molecule has 12 heteroatoms. The van der Waals surface area contributed by atoms with Gasteiger partial charge in [-0.15, -0.1) is 0 Å². The van der Waals surface area contributed by atoms with Gasteiger partial charge in [-0.05, 0) is 102 Å². The van der Waals surface area contributed by atoms with E-state index in [9.17, 15) is 25.9 Å². The van der Waals surface area contributed by atoms with E-state index in [4.69, 9.17) is 0 Å². The van der Waals surface area contributed by atoms with Crippen molar-refractivity contribution >= 4 is 20.2 Å². The minimum Gasteiger partial charge on any atom is -0.744 e. The highest BCUT2D eigenvalue weighted by Gasteiger charge is 2.26. The highest BCUT2D eigenvalue weighted by atomic mass is 32.2. The summed E-state index contributed by atoms with van der Waals surface area (Å²) in [5.74, 6) is 0. The topological polar surface area (TPSA) is 143 Å². The number of nitrogens with zero attached hydrogens (tertiary/aromatic N) is 3. The molecule has 6 rings (SSSR count). The lowest BCUT2D eigenvalue weighted by molar-refractivity contribution is -0.790. The fourth-order valence-corrected chi connectivity index (χ4v) is 7.31. The lowest BCUT2D eigenvalue weighted by atomic mass is 9.93. The van der Waals surface area contributed by atoms with Crippen molar-refractivity contribution in [1.29, 1.82) is 0 Å². The lowest BCUT2D eigenvalue weighted by Crippen LogP contribution is -2.48. The molecule has 0 fully saturated rings. The van der Waals surface area contributed by atoms with Gasteiger partial charge in [0.1, 0.15) is 57.3 Å². The largest absolute Gasteiger partial charge is 0.744 e. The Morgan fingerprint density at radius 3 is 1.48 bits per heavy atom. The number of hydrogen-bond acceptors (Lipinski definition) is 6. The Hall–Kier alpha value is -4.88.